The van der Waals surface area contributed by atoms with Crippen LogP contribution in [-0.2, 0) is 12.8 Å². The molecule has 0 saturated heterocycles. The van der Waals surface area contributed by atoms with Gasteiger partial charge in [0.25, 0.3) is 0 Å². The van der Waals surface area contributed by atoms with Gasteiger partial charge in [0.2, 0.25) is 0 Å². The molecule has 0 amide bonds. The molecule has 0 spiro atoms. The minimum Gasteiger partial charge on any atom is -0.526 e. The van der Waals surface area contributed by atoms with E-state index in [2.05, 4.69) is 38.1 Å². The van der Waals surface area contributed by atoms with Crippen molar-refractivity contribution in [2.75, 3.05) is 0 Å². The van der Waals surface area contributed by atoms with Crippen molar-refractivity contribution in [1.29, 1.82) is 0 Å². The van der Waals surface area contributed by atoms with Crippen LogP contribution in [0.1, 0.15) is 25.0 Å². The van der Waals surface area contributed by atoms with Gasteiger partial charge in [-0.3, -0.25) is 0 Å². The third-order valence-electron chi connectivity index (χ3n) is 3.03. The highest BCUT2D eigenvalue weighted by Crippen LogP contribution is 2.14. The van der Waals surface area contributed by atoms with Crippen LogP contribution in [0.5, 0.6) is 11.5 Å². The quantitative estimate of drug-likeness (QED) is 0.729. The summed E-state index contributed by atoms with van der Waals surface area (Å²) >= 11 is 0. The Hall–Kier alpha value is -1.90. The Bertz CT molecular complexity index is 444. The van der Waals surface area contributed by atoms with Crippen LogP contribution < -0.4 is 9.31 Å². The molecule has 2 nitrogen and oxygen atoms in total. The van der Waals surface area contributed by atoms with Gasteiger partial charge in [-0.25, -0.2) is 0 Å². The third-order valence-corrected chi connectivity index (χ3v) is 3.03. The van der Waals surface area contributed by atoms with Crippen LogP contribution in [0.4, 0.5) is 0 Å². The van der Waals surface area contributed by atoms with Gasteiger partial charge in [0, 0.05) is 0 Å². The molecule has 1 radical (unpaired) electrons. The van der Waals surface area contributed by atoms with Gasteiger partial charge in [0.1, 0.15) is 11.5 Å². The van der Waals surface area contributed by atoms with E-state index in [1.165, 1.54) is 18.8 Å². The van der Waals surface area contributed by atoms with Crippen molar-refractivity contribution >= 4 is 7.69 Å². The molecule has 0 aliphatic rings. The minimum atomic E-state index is 0.780. The standard InChI is InChI=1S/C16H18BO2/c1-3-13-5-9-15(10-6-13)18-17-19-16-11-7-14(4-2)8-12-16/h5-12H,3-4H2,1-2H3. The molecule has 0 fully saturated rings. The molecule has 2 rings (SSSR count). The summed E-state index contributed by atoms with van der Waals surface area (Å²) in [6.45, 7) is 4.26. The van der Waals surface area contributed by atoms with E-state index >= 15 is 0 Å². The van der Waals surface area contributed by atoms with E-state index in [0.29, 0.717) is 0 Å². The summed E-state index contributed by atoms with van der Waals surface area (Å²) in [7, 11) is 1.36. The van der Waals surface area contributed by atoms with Gasteiger partial charge in [-0.2, -0.15) is 0 Å². The summed E-state index contributed by atoms with van der Waals surface area (Å²) in [5.74, 6) is 1.56. The van der Waals surface area contributed by atoms with Crippen molar-refractivity contribution in [3.8, 4) is 11.5 Å². The first-order valence-electron chi connectivity index (χ1n) is 6.64. The topological polar surface area (TPSA) is 18.5 Å². The van der Waals surface area contributed by atoms with E-state index in [9.17, 15) is 0 Å². The molecule has 0 heterocycles. The molecule has 0 unspecified atom stereocenters. The van der Waals surface area contributed by atoms with Crippen LogP contribution in [-0.4, -0.2) is 7.69 Å². The van der Waals surface area contributed by atoms with E-state index in [1.54, 1.807) is 0 Å². The lowest BCUT2D eigenvalue weighted by Crippen LogP contribution is -2.10. The first-order valence-corrected chi connectivity index (χ1v) is 6.64. The van der Waals surface area contributed by atoms with E-state index in [-0.39, 0.29) is 0 Å². The maximum atomic E-state index is 5.42. The molecule has 97 valence electrons. The lowest BCUT2D eigenvalue weighted by molar-refractivity contribution is 0.459. The number of hydrogen-bond donors (Lipinski definition) is 0. The Morgan fingerprint density at radius 3 is 1.37 bits per heavy atom. The van der Waals surface area contributed by atoms with Gasteiger partial charge < -0.3 is 9.31 Å². The fourth-order valence-corrected chi connectivity index (χ4v) is 1.74. The summed E-state index contributed by atoms with van der Waals surface area (Å²) < 4.78 is 10.8. The molecule has 0 bridgehead atoms. The predicted molar refractivity (Wildman–Crippen MR) is 78.7 cm³/mol. The van der Waals surface area contributed by atoms with Gasteiger partial charge in [-0.05, 0) is 48.2 Å². The number of hydrogen-bond acceptors (Lipinski definition) is 2. The second-order valence-corrected chi connectivity index (χ2v) is 4.33. The first-order chi connectivity index (χ1) is 9.31. The van der Waals surface area contributed by atoms with Crippen LogP contribution in [0, 0.1) is 0 Å². The van der Waals surface area contributed by atoms with Crippen molar-refractivity contribution in [2.45, 2.75) is 26.7 Å². The lowest BCUT2D eigenvalue weighted by Gasteiger charge is -2.07. The van der Waals surface area contributed by atoms with Gasteiger partial charge >= 0.3 is 7.69 Å². The first kappa shape index (κ1) is 13.5. The largest absolute Gasteiger partial charge is 0.658 e. The monoisotopic (exact) mass is 253 g/mol. The minimum absolute atomic E-state index is 0.780. The highest BCUT2D eigenvalue weighted by molar-refractivity contribution is 6.20. The summed E-state index contributed by atoms with van der Waals surface area (Å²) in [4.78, 5) is 0. The molecule has 0 aliphatic heterocycles. The van der Waals surface area contributed by atoms with Gasteiger partial charge in [-0.15, -0.1) is 0 Å². The highest BCUT2D eigenvalue weighted by Gasteiger charge is 2.01. The second kappa shape index (κ2) is 6.88. The average molecular weight is 253 g/mol. The van der Waals surface area contributed by atoms with E-state index < -0.39 is 0 Å². The summed E-state index contributed by atoms with van der Waals surface area (Å²) in [5.41, 5.74) is 2.59. The Balaban J connectivity index is 1.81. The zero-order valence-electron chi connectivity index (χ0n) is 11.4. The van der Waals surface area contributed by atoms with Crippen molar-refractivity contribution in [2.24, 2.45) is 0 Å². The molecule has 0 saturated carbocycles. The Morgan fingerprint density at radius 1 is 0.684 bits per heavy atom. The Labute approximate surface area is 115 Å². The van der Waals surface area contributed by atoms with Gasteiger partial charge in [-0.1, -0.05) is 38.1 Å². The normalized spacial score (nSPS) is 10.0. The zero-order valence-corrected chi connectivity index (χ0v) is 11.4. The molecule has 2 aromatic carbocycles. The summed E-state index contributed by atoms with van der Waals surface area (Å²) in [5, 5.41) is 0. The Morgan fingerprint density at radius 2 is 1.05 bits per heavy atom. The molecular formula is C16H18BO2. The van der Waals surface area contributed by atoms with Crippen LogP contribution >= 0.6 is 0 Å². The molecule has 0 aliphatic carbocycles. The van der Waals surface area contributed by atoms with Crippen LogP contribution in [0.25, 0.3) is 0 Å². The van der Waals surface area contributed by atoms with Crippen molar-refractivity contribution in [3.05, 3.63) is 59.7 Å². The molecule has 2 aromatic rings. The smallest absolute Gasteiger partial charge is 0.526 e. The lowest BCUT2D eigenvalue weighted by atomic mass is 10.1. The fraction of sp³-hybridized carbons (Fsp3) is 0.250. The SMILES string of the molecule is CCc1ccc(O[B]Oc2ccc(CC)cc2)cc1. The number of aryl methyl sites for hydroxylation is 2. The second-order valence-electron chi connectivity index (χ2n) is 4.33. The fourth-order valence-electron chi connectivity index (χ4n) is 1.74. The van der Waals surface area contributed by atoms with Gasteiger partial charge in [0.15, 0.2) is 0 Å². The van der Waals surface area contributed by atoms with Crippen LogP contribution in [0.3, 0.4) is 0 Å². The van der Waals surface area contributed by atoms with E-state index in [4.69, 9.17) is 9.31 Å². The third kappa shape index (κ3) is 4.06. The molecule has 0 aromatic heterocycles. The molecule has 3 heteroatoms. The Kier molecular flexibility index (Phi) is 4.90. The summed E-state index contributed by atoms with van der Waals surface area (Å²) in [6, 6.07) is 16.0. The molecule has 19 heavy (non-hydrogen) atoms. The average Bonchev–Trinajstić information content (AvgIpc) is 2.49. The van der Waals surface area contributed by atoms with Crippen LogP contribution in [0.15, 0.2) is 48.5 Å². The number of benzene rings is 2. The molecular weight excluding hydrogens is 235 g/mol. The van der Waals surface area contributed by atoms with Crippen molar-refractivity contribution < 1.29 is 9.31 Å². The zero-order chi connectivity index (χ0) is 13.5. The number of rotatable bonds is 6. The van der Waals surface area contributed by atoms with E-state index in [0.717, 1.165) is 24.3 Å². The van der Waals surface area contributed by atoms with Crippen LogP contribution in [0.2, 0.25) is 0 Å². The molecule has 0 N–H and O–H groups in total. The highest BCUT2D eigenvalue weighted by atomic mass is 16.6. The maximum Gasteiger partial charge on any atom is 0.658 e. The predicted octanol–water partition coefficient (Wildman–Crippen LogP) is 3.80. The maximum absolute atomic E-state index is 5.42. The summed E-state index contributed by atoms with van der Waals surface area (Å²) in [6.07, 6.45) is 2.06. The molecule has 0 atom stereocenters. The van der Waals surface area contributed by atoms with E-state index in [1.807, 2.05) is 24.3 Å². The van der Waals surface area contributed by atoms with Crippen molar-refractivity contribution in [3.63, 3.8) is 0 Å². The van der Waals surface area contributed by atoms with Crippen molar-refractivity contribution in [1.82, 2.24) is 0 Å². The van der Waals surface area contributed by atoms with Gasteiger partial charge in [0.05, 0.1) is 0 Å².